The Morgan fingerprint density at radius 2 is 2.00 bits per heavy atom. The molecule has 23 heavy (non-hydrogen) atoms. The average molecular weight is 309 g/mol. The summed E-state index contributed by atoms with van der Waals surface area (Å²) in [7, 11) is 1.61. The molecule has 0 aliphatic rings. The van der Waals surface area contributed by atoms with Crippen LogP contribution in [0.5, 0.6) is 5.75 Å². The summed E-state index contributed by atoms with van der Waals surface area (Å²) < 4.78 is 5.26. The van der Waals surface area contributed by atoms with Crippen molar-refractivity contribution in [2.24, 2.45) is 0 Å². The Balaban J connectivity index is 2.08. The van der Waals surface area contributed by atoms with E-state index in [1.165, 1.54) is 12.1 Å². The standard InChI is InChI=1S/C17H15N3O3/c1-11-8-17(15-10-14(23-2)6-7-16(15)18-11)19-12-4-3-5-13(9-12)20(21)22/h3-10H,1-2H3,(H,18,19). The normalized spacial score (nSPS) is 10.5. The smallest absolute Gasteiger partial charge is 0.271 e. The van der Waals surface area contributed by atoms with Gasteiger partial charge >= 0.3 is 0 Å². The van der Waals surface area contributed by atoms with Crippen molar-refractivity contribution in [1.29, 1.82) is 0 Å². The Morgan fingerprint density at radius 1 is 1.17 bits per heavy atom. The van der Waals surface area contributed by atoms with Gasteiger partial charge in [-0.25, -0.2) is 0 Å². The second-order valence-electron chi connectivity index (χ2n) is 5.13. The number of nitrogens with zero attached hydrogens (tertiary/aromatic N) is 2. The summed E-state index contributed by atoms with van der Waals surface area (Å²) in [6, 6.07) is 13.9. The van der Waals surface area contributed by atoms with Crippen molar-refractivity contribution in [2.45, 2.75) is 6.92 Å². The first-order valence-corrected chi connectivity index (χ1v) is 7.04. The highest BCUT2D eigenvalue weighted by molar-refractivity contribution is 5.94. The van der Waals surface area contributed by atoms with Crippen LogP contribution in [0.4, 0.5) is 17.1 Å². The minimum absolute atomic E-state index is 0.0441. The van der Waals surface area contributed by atoms with E-state index in [9.17, 15) is 10.1 Å². The van der Waals surface area contributed by atoms with Crippen LogP contribution in [-0.2, 0) is 0 Å². The second-order valence-corrected chi connectivity index (χ2v) is 5.13. The van der Waals surface area contributed by atoms with E-state index in [-0.39, 0.29) is 5.69 Å². The Hall–Kier alpha value is -3.15. The van der Waals surface area contributed by atoms with Crippen LogP contribution in [0.15, 0.2) is 48.5 Å². The molecule has 0 fully saturated rings. The average Bonchev–Trinajstić information content (AvgIpc) is 2.54. The molecular weight excluding hydrogens is 294 g/mol. The van der Waals surface area contributed by atoms with E-state index < -0.39 is 4.92 Å². The maximum Gasteiger partial charge on any atom is 0.271 e. The third-order valence-electron chi connectivity index (χ3n) is 3.48. The van der Waals surface area contributed by atoms with E-state index in [0.717, 1.165) is 28.0 Å². The summed E-state index contributed by atoms with van der Waals surface area (Å²) in [6.07, 6.45) is 0. The highest BCUT2D eigenvalue weighted by Gasteiger charge is 2.09. The van der Waals surface area contributed by atoms with Gasteiger partial charge in [-0.1, -0.05) is 6.07 Å². The molecule has 2 aromatic carbocycles. The lowest BCUT2D eigenvalue weighted by Gasteiger charge is -2.12. The molecule has 0 atom stereocenters. The van der Waals surface area contributed by atoms with Crippen molar-refractivity contribution >= 4 is 28.0 Å². The minimum Gasteiger partial charge on any atom is -0.497 e. The lowest BCUT2D eigenvalue weighted by Crippen LogP contribution is -1.96. The van der Waals surface area contributed by atoms with E-state index in [2.05, 4.69) is 10.3 Å². The first-order valence-electron chi connectivity index (χ1n) is 7.04. The van der Waals surface area contributed by atoms with Gasteiger partial charge in [-0.2, -0.15) is 0 Å². The van der Waals surface area contributed by atoms with Crippen LogP contribution in [-0.4, -0.2) is 17.0 Å². The van der Waals surface area contributed by atoms with Gasteiger partial charge in [0.2, 0.25) is 0 Å². The molecular formula is C17H15N3O3. The number of aryl methyl sites for hydroxylation is 1. The molecule has 0 bridgehead atoms. The van der Waals surface area contributed by atoms with Crippen molar-refractivity contribution in [3.63, 3.8) is 0 Å². The predicted octanol–water partition coefficient (Wildman–Crippen LogP) is 4.20. The van der Waals surface area contributed by atoms with Gasteiger partial charge in [0.05, 0.1) is 17.5 Å². The largest absolute Gasteiger partial charge is 0.497 e. The molecule has 6 heteroatoms. The van der Waals surface area contributed by atoms with E-state index in [0.29, 0.717) is 5.69 Å². The summed E-state index contributed by atoms with van der Waals surface area (Å²) in [5.74, 6) is 0.727. The van der Waals surface area contributed by atoms with Crippen molar-refractivity contribution in [3.05, 3.63) is 64.3 Å². The van der Waals surface area contributed by atoms with Crippen LogP contribution >= 0.6 is 0 Å². The van der Waals surface area contributed by atoms with Crippen LogP contribution in [0.3, 0.4) is 0 Å². The van der Waals surface area contributed by atoms with Crippen molar-refractivity contribution in [1.82, 2.24) is 4.98 Å². The molecule has 0 aliphatic carbocycles. The Labute approximate surface area is 132 Å². The molecule has 0 aliphatic heterocycles. The zero-order chi connectivity index (χ0) is 16.4. The molecule has 6 nitrogen and oxygen atoms in total. The number of aromatic nitrogens is 1. The highest BCUT2D eigenvalue weighted by Crippen LogP contribution is 2.30. The molecule has 0 unspecified atom stereocenters. The van der Waals surface area contributed by atoms with Crippen LogP contribution in [0, 0.1) is 17.0 Å². The fourth-order valence-electron chi connectivity index (χ4n) is 2.42. The molecule has 1 N–H and O–H groups in total. The number of nitro groups is 1. The van der Waals surface area contributed by atoms with Gasteiger partial charge in [0, 0.05) is 34.6 Å². The number of fused-ring (bicyclic) bond motifs is 1. The van der Waals surface area contributed by atoms with Crippen molar-refractivity contribution < 1.29 is 9.66 Å². The number of pyridine rings is 1. The topological polar surface area (TPSA) is 77.3 Å². The number of anilines is 2. The van der Waals surface area contributed by atoms with E-state index in [1.807, 2.05) is 31.2 Å². The molecule has 0 radical (unpaired) electrons. The maximum absolute atomic E-state index is 10.9. The van der Waals surface area contributed by atoms with Gasteiger partial charge in [0.25, 0.3) is 5.69 Å². The van der Waals surface area contributed by atoms with Crippen molar-refractivity contribution in [2.75, 3.05) is 12.4 Å². The lowest BCUT2D eigenvalue weighted by atomic mass is 10.1. The second kappa shape index (κ2) is 5.92. The lowest BCUT2D eigenvalue weighted by molar-refractivity contribution is -0.384. The van der Waals surface area contributed by atoms with Crippen LogP contribution in [0.2, 0.25) is 0 Å². The molecule has 116 valence electrons. The molecule has 3 rings (SSSR count). The quantitative estimate of drug-likeness (QED) is 0.577. The summed E-state index contributed by atoms with van der Waals surface area (Å²) in [4.78, 5) is 15.0. The van der Waals surface area contributed by atoms with Gasteiger partial charge in [0.15, 0.2) is 0 Å². The fraction of sp³-hybridized carbons (Fsp3) is 0.118. The highest BCUT2D eigenvalue weighted by atomic mass is 16.6. The first kappa shape index (κ1) is 14.8. The maximum atomic E-state index is 10.9. The predicted molar refractivity (Wildman–Crippen MR) is 89.4 cm³/mol. The SMILES string of the molecule is COc1ccc2nc(C)cc(Nc3cccc([N+](=O)[O-])c3)c2c1. The van der Waals surface area contributed by atoms with E-state index in [4.69, 9.17) is 4.74 Å². The number of nitrogens with one attached hydrogen (secondary N) is 1. The summed E-state index contributed by atoms with van der Waals surface area (Å²) >= 11 is 0. The van der Waals surface area contributed by atoms with Gasteiger partial charge < -0.3 is 10.1 Å². The molecule has 0 spiro atoms. The first-order chi connectivity index (χ1) is 11.1. The number of benzene rings is 2. The monoisotopic (exact) mass is 309 g/mol. The molecule has 0 amide bonds. The number of hydrogen-bond donors (Lipinski definition) is 1. The van der Waals surface area contributed by atoms with E-state index in [1.54, 1.807) is 19.2 Å². The Morgan fingerprint density at radius 3 is 2.74 bits per heavy atom. The molecule has 1 aromatic heterocycles. The van der Waals surface area contributed by atoms with E-state index >= 15 is 0 Å². The zero-order valence-corrected chi connectivity index (χ0v) is 12.7. The zero-order valence-electron chi connectivity index (χ0n) is 12.7. The Kier molecular flexibility index (Phi) is 3.80. The van der Waals surface area contributed by atoms with Crippen LogP contribution in [0.25, 0.3) is 10.9 Å². The number of hydrogen-bond acceptors (Lipinski definition) is 5. The molecule has 0 saturated heterocycles. The van der Waals surface area contributed by atoms with Gasteiger partial charge in [-0.05, 0) is 37.3 Å². The third-order valence-corrected chi connectivity index (χ3v) is 3.48. The summed E-state index contributed by atoms with van der Waals surface area (Å²) in [6.45, 7) is 1.91. The summed E-state index contributed by atoms with van der Waals surface area (Å²) in [5, 5.41) is 15.0. The number of non-ortho nitro benzene ring substituents is 1. The molecule has 0 saturated carbocycles. The summed E-state index contributed by atoms with van der Waals surface area (Å²) in [5.41, 5.74) is 3.21. The van der Waals surface area contributed by atoms with Gasteiger partial charge in [-0.15, -0.1) is 0 Å². The Bertz CT molecular complexity index is 893. The molecule has 3 aromatic rings. The minimum atomic E-state index is -0.413. The van der Waals surface area contributed by atoms with Gasteiger partial charge in [-0.3, -0.25) is 15.1 Å². The van der Waals surface area contributed by atoms with Gasteiger partial charge in [0.1, 0.15) is 5.75 Å². The van der Waals surface area contributed by atoms with Crippen LogP contribution < -0.4 is 10.1 Å². The van der Waals surface area contributed by atoms with Crippen LogP contribution in [0.1, 0.15) is 5.69 Å². The number of nitro benzene ring substituents is 1. The molecule has 1 heterocycles. The van der Waals surface area contributed by atoms with Crippen molar-refractivity contribution in [3.8, 4) is 5.75 Å². The fourth-order valence-corrected chi connectivity index (χ4v) is 2.42. The number of rotatable bonds is 4. The third kappa shape index (κ3) is 3.06. The number of methoxy groups -OCH3 is 1. The number of ether oxygens (including phenoxy) is 1.